The standard InChI is InChI=1S/C17H16O2/c18-16(19)17(10-11-17)12-14-8-4-5-9-15(14)13-6-2-1-3-7-13/h1-9H,10-12H2,(H,18,19). The van der Waals surface area contributed by atoms with Crippen molar-refractivity contribution < 1.29 is 9.90 Å². The number of benzene rings is 2. The van der Waals surface area contributed by atoms with E-state index in [-0.39, 0.29) is 0 Å². The molecule has 2 heteroatoms. The summed E-state index contributed by atoms with van der Waals surface area (Å²) < 4.78 is 0. The molecule has 1 aliphatic rings. The van der Waals surface area contributed by atoms with Gasteiger partial charge in [-0.2, -0.15) is 0 Å². The molecule has 96 valence electrons. The lowest BCUT2D eigenvalue weighted by Crippen LogP contribution is -2.17. The van der Waals surface area contributed by atoms with E-state index in [0.29, 0.717) is 6.42 Å². The summed E-state index contributed by atoms with van der Waals surface area (Å²) in [5.41, 5.74) is 2.92. The zero-order chi connectivity index (χ0) is 13.3. The summed E-state index contributed by atoms with van der Waals surface area (Å²) in [5.74, 6) is -0.657. The molecule has 0 unspecified atom stereocenters. The van der Waals surface area contributed by atoms with Gasteiger partial charge >= 0.3 is 5.97 Å². The van der Waals surface area contributed by atoms with Crippen LogP contribution in [-0.4, -0.2) is 11.1 Å². The Morgan fingerprint density at radius 2 is 1.63 bits per heavy atom. The van der Waals surface area contributed by atoms with Crippen LogP contribution in [0.3, 0.4) is 0 Å². The maximum absolute atomic E-state index is 11.3. The summed E-state index contributed by atoms with van der Waals surface area (Å²) in [7, 11) is 0. The van der Waals surface area contributed by atoms with Crippen LogP contribution in [0.15, 0.2) is 54.6 Å². The SMILES string of the molecule is O=C(O)C1(Cc2ccccc2-c2ccccc2)CC1. The van der Waals surface area contributed by atoms with E-state index < -0.39 is 11.4 Å². The fraction of sp³-hybridized carbons (Fsp3) is 0.235. The van der Waals surface area contributed by atoms with Crippen LogP contribution >= 0.6 is 0 Å². The van der Waals surface area contributed by atoms with Crippen molar-refractivity contribution in [3.8, 4) is 11.1 Å². The average Bonchev–Trinajstić information content (AvgIpc) is 3.21. The van der Waals surface area contributed by atoms with E-state index in [1.807, 2.05) is 36.4 Å². The number of hydrogen-bond acceptors (Lipinski definition) is 1. The molecule has 2 aromatic carbocycles. The predicted octanol–water partition coefficient (Wildman–Crippen LogP) is 3.76. The van der Waals surface area contributed by atoms with Gasteiger partial charge in [0, 0.05) is 0 Å². The van der Waals surface area contributed by atoms with Gasteiger partial charge in [0.2, 0.25) is 0 Å². The molecule has 0 aromatic heterocycles. The van der Waals surface area contributed by atoms with E-state index in [2.05, 4.69) is 18.2 Å². The van der Waals surface area contributed by atoms with Crippen LogP contribution in [0, 0.1) is 5.41 Å². The molecule has 2 aromatic rings. The number of rotatable bonds is 4. The third-order valence-electron chi connectivity index (χ3n) is 3.94. The second-order valence-corrected chi connectivity index (χ2v) is 5.29. The number of carbonyl (C=O) groups is 1. The maximum atomic E-state index is 11.3. The molecule has 0 bridgehead atoms. The normalized spacial score (nSPS) is 16.0. The number of carboxylic acid groups (broad SMARTS) is 1. The summed E-state index contributed by atoms with van der Waals surface area (Å²) >= 11 is 0. The summed E-state index contributed by atoms with van der Waals surface area (Å²) in [6.07, 6.45) is 2.23. The van der Waals surface area contributed by atoms with Crippen LogP contribution in [0.2, 0.25) is 0 Å². The Morgan fingerprint density at radius 1 is 1.00 bits per heavy atom. The molecule has 0 aliphatic heterocycles. The number of aliphatic carboxylic acids is 1. The van der Waals surface area contributed by atoms with Crippen LogP contribution in [0.4, 0.5) is 0 Å². The highest BCUT2D eigenvalue weighted by molar-refractivity contribution is 5.79. The molecule has 2 nitrogen and oxygen atoms in total. The van der Waals surface area contributed by atoms with Gasteiger partial charge in [-0.3, -0.25) is 4.79 Å². The molecule has 1 N–H and O–H groups in total. The molecule has 1 aliphatic carbocycles. The number of carboxylic acids is 1. The molecule has 0 heterocycles. The second-order valence-electron chi connectivity index (χ2n) is 5.29. The summed E-state index contributed by atoms with van der Waals surface area (Å²) in [5, 5.41) is 9.33. The third-order valence-corrected chi connectivity index (χ3v) is 3.94. The van der Waals surface area contributed by atoms with Gasteiger partial charge in [0.25, 0.3) is 0 Å². The topological polar surface area (TPSA) is 37.3 Å². The van der Waals surface area contributed by atoms with Gasteiger partial charge in [-0.15, -0.1) is 0 Å². The summed E-state index contributed by atoms with van der Waals surface area (Å²) in [6.45, 7) is 0. The molecule has 0 atom stereocenters. The highest BCUT2D eigenvalue weighted by atomic mass is 16.4. The molecule has 1 saturated carbocycles. The summed E-state index contributed by atoms with van der Waals surface area (Å²) in [4.78, 5) is 11.3. The van der Waals surface area contributed by atoms with Crippen molar-refractivity contribution in [2.45, 2.75) is 19.3 Å². The third kappa shape index (κ3) is 2.26. The largest absolute Gasteiger partial charge is 0.481 e. The van der Waals surface area contributed by atoms with Gasteiger partial charge in [0.15, 0.2) is 0 Å². The van der Waals surface area contributed by atoms with Crippen LogP contribution in [0.1, 0.15) is 18.4 Å². The van der Waals surface area contributed by atoms with Crippen molar-refractivity contribution >= 4 is 5.97 Å². The molecule has 19 heavy (non-hydrogen) atoms. The van der Waals surface area contributed by atoms with Gasteiger partial charge in [0.1, 0.15) is 0 Å². The minimum atomic E-state index is -0.657. The van der Waals surface area contributed by atoms with Crippen molar-refractivity contribution in [3.63, 3.8) is 0 Å². The molecular formula is C17H16O2. The zero-order valence-electron chi connectivity index (χ0n) is 10.7. The van der Waals surface area contributed by atoms with E-state index in [1.54, 1.807) is 0 Å². The van der Waals surface area contributed by atoms with Crippen molar-refractivity contribution in [1.82, 2.24) is 0 Å². The minimum Gasteiger partial charge on any atom is -0.481 e. The smallest absolute Gasteiger partial charge is 0.309 e. The molecule has 1 fully saturated rings. The first-order valence-electron chi connectivity index (χ1n) is 6.58. The molecule has 0 saturated heterocycles. The molecule has 0 spiro atoms. The lowest BCUT2D eigenvalue weighted by Gasteiger charge is -2.14. The highest BCUT2D eigenvalue weighted by Crippen LogP contribution is 2.49. The van der Waals surface area contributed by atoms with Crippen molar-refractivity contribution in [2.75, 3.05) is 0 Å². The molecular weight excluding hydrogens is 236 g/mol. The monoisotopic (exact) mass is 252 g/mol. The Bertz CT molecular complexity index is 598. The van der Waals surface area contributed by atoms with Crippen LogP contribution < -0.4 is 0 Å². The van der Waals surface area contributed by atoms with Crippen molar-refractivity contribution in [2.24, 2.45) is 5.41 Å². The zero-order valence-corrected chi connectivity index (χ0v) is 10.7. The van der Waals surface area contributed by atoms with Gasteiger partial charge in [0.05, 0.1) is 5.41 Å². The minimum absolute atomic E-state index is 0.509. The van der Waals surface area contributed by atoms with Crippen LogP contribution in [0.5, 0.6) is 0 Å². The highest BCUT2D eigenvalue weighted by Gasteiger charge is 2.50. The Kier molecular flexibility index (Phi) is 2.86. The Labute approximate surface area is 112 Å². The van der Waals surface area contributed by atoms with E-state index >= 15 is 0 Å². The first-order valence-corrected chi connectivity index (χ1v) is 6.58. The maximum Gasteiger partial charge on any atom is 0.309 e. The van der Waals surface area contributed by atoms with Crippen molar-refractivity contribution in [1.29, 1.82) is 0 Å². The predicted molar refractivity (Wildman–Crippen MR) is 74.9 cm³/mol. The van der Waals surface area contributed by atoms with Crippen LogP contribution in [0.25, 0.3) is 11.1 Å². The second kappa shape index (κ2) is 4.54. The van der Waals surface area contributed by atoms with Gasteiger partial charge in [-0.1, -0.05) is 54.6 Å². The first kappa shape index (κ1) is 12.0. The van der Waals surface area contributed by atoms with Gasteiger partial charge in [-0.25, -0.2) is 0 Å². The Hall–Kier alpha value is -2.09. The lowest BCUT2D eigenvalue weighted by molar-refractivity contribution is -0.143. The lowest BCUT2D eigenvalue weighted by atomic mass is 9.90. The first-order chi connectivity index (χ1) is 9.21. The van der Waals surface area contributed by atoms with Gasteiger partial charge < -0.3 is 5.11 Å². The van der Waals surface area contributed by atoms with E-state index in [0.717, 1.165) is 29.5 Å². The Balaban J connectivity index is 1.97. The van der Waals surface area contributed by atoms with E-state index in [4.69, 9.17) is 0 Å². The molecule has 0 radical (unpaired) electrons. The van der Waals surface area contributed by atoms with Gasteiger partial charge in [-0.05, 0) is 36.0 Å². The number of hydrogen-bond donors (Lipinski definition) is 1. The fourth-order valence-corrected chi connectivity index (χ4v) is 2.56. The Morgan fingerprint density at radius 3 is 2.26 bits per heavy atom. The van der Waals surface area contributed by atoms with Crippen LogP contribution in [-0.2, 0) is 11.2 Å². The van der Waals surface area contributed by atoms with Crippen molar-refractivity contribution in [3.05, 3.63) is 60.2 Å². The molecule has 3 rings (SSSR count). The van der Waals surface area contributed by atoms with E-state index in [1.165, 1.54) is 0 Å². The quantitative estimate of drug-likeness (QED) is 0.899. The molecule has 0 amide bonds. The average molecular weight is 252 g/mol. The van der Waals surface area contributed by atoms with E-state index in [9.17, 15) is 9.90 Å². The summed E-state index contributed by atoms with van der Waals surface area (Å²) in [6, 6.07) is 18.3. The fourth-order valence-electron chi connectivity index (χ4n) is 2.56.